The van der Waals surface area contributed by atoms with Crippen LogP contribution in [0, 0.1) is 6.92 Å². The number of benzene rings is 1. The highest BCUT2D eigenvalue weighted by Gasteiger charge is 2.43. The third-order valence-electron chi connectivity index (χ3n) is 8.17. The molecule has 230 valence electrons. The van der Waals surface area contributed by atoms with E-state index >= 15 is 0 Å². The van der Waals surface area contributed by atoms with Crippen LogP contribution in [-0.4, -0.2) is 80.4 Å². The van der Waals surface area contributed by atoms with Crippen LogP contribution in [0.2, 0.25) is 5.02 Å². The number of nitrogens with one attached hydrogen (secondary N) is 1. The Hall–Kier alpha value is -3.42. The second kappa shape index (κ2) is 10.3. The van der Waals surface area contributed by atoms with E-state index in [2.05, 4.69) is 15.3 Å². The molecule has 2 unspecified atom stereocenters. The van der Waals surface area contributed by atoms with E-state index in [9.17, 15) is 13.2 Å². The lowest BCUT2D eigenvalue weighted by Gasteiger charge is -2.40. The lowest BCUT2D eigenvalue weighted by atomic mass is 9.97. The summed E-state index contributed by atoms with van der Waals surface area (Å²) in [6.07, 6.45) is 6.33. The van der Waals surface area contributed by atoms with Crippen LogP contribution in [0.25, 0.3) is 33.2 Å². The van der Waals surface area contributed by atoms with Crippen molar-refractivity contribution in [1.82, 2.24) is 33.3 Å². The molecule has 3 aromatic heterocycles. The number of alkyl carbamates (subject to hydrolysis) is 1. The minimum Gasteiger partial charge on any atom is -0.444 e. The zero-order chi connectivity index (χ0) is 31.0. The number of nitrogens with zero attached hydrogens (tertiary/aromatic N) is 7. The lowest BCUT2D eigenvalue weighted by Crippen LogP contribution is -2.51. The van der Waals surface area contributed by atoms with Gasteiger partial charge in [0.1, 0.15) is 11.1 Å². The van der Waals surface area contributed by atoms with E-state index in [-0.39, 0.29) is 23.8 Å². The molecule has 6 rings (SSSR count). The molecule has 43 heavy (non-hydrogen) atoms. The number of carbonyl (C=O) groups excluding carboxylic acids is 1. The monoisotopic (exact) mass is 628 g/mol. The van der Waals surface area contributed by atoms with Gasteiger partial charge in [0.15, 0.2) is 11.5 Å². The Morgan fingerprint density at radius 1 is 1.09 bits per heavy atom. The van der Waals surface area contributed by atoms with Crippen molar-refractivity contribution < 1.29 is 17.9 Å². The summed E-state index contributed by atoms with van der Waals surface area (Å²) in [5, 5.41) is 8.71. The molecule has 5 heterocycles. The quantitative estimate of drug-likeness (QED) is 0.339. The fourth-order valence-corrected chi connectivity index (χ4v) is 7.62. The lowest BCUT2D eigenvalue weighted by molar-refractivity contribution is 0.0492. The molecular weight excluding hydrogens is 592 g/mol. The second-order valence-electron chi connectivity index (χ2n) is 12.7. The van der Waals surface area contributed by atoms with Crippen molar-refractivity contribution in [2.24, 2.45) is 7.05 Å². The number of hydrogen-bond donors (Lipinski definition) is 1. The van der Waals surface area contributed by atoms with Crippen molar-refractivity contribution in [3.63, 3.8) is 0 Å². The summed E-state index contributed by atoms with van der Waals surface area (Å²) in [6, 6.07) is 3.93. The first kappa shape index (κ1) is 29.6. The van der Waals surface area contributed by atoms with Crippen LogP contribution in [-0.2, 0) is 22.0 Å². The van der Waals surface area contributed by atoms with Gasteiger partial charge in [-0.15, -0.1) is 0 Å². The first-order valence-corrected chi connectivity index (χ1v) is 16.1. The largest absolute Gasteiger partial charge is 0.444 e. The highest BCUT2D eigenvalue weighted by atomic mass is 35.5. The summed E-state index contributed by atoms with van der Waals surface area (Å²) in [4.78, 5) is 24.7. The van der Waals surface area contributed by atoms with E-state index in [1.54, 1.807) is 10.9 Å². The van der Waals surface area contributed by atoms with Gasteiger partial charge in [0.05, 0.1) is 16.2 Å². The Morgan fingerprint density at radius 3 is 2.40 bits per heavy atom. The third-order valence-corrected chi connectivity index (χ3v) is 10.3. The molecule has 12 nitrogen and oxygen atoms in total. The van der Waals surface area contributed by atoms with E-state index in [1.807, 2.05) is 53.1 Å². The van der Waals surface area contributed by atoms with Gasteiger partial charge >= 0.3 is 16.3 Å². The fraction of sp³-hybridized carbons (Fsp3) is 0.517. The molecule has 1 N–H and O–H groups in total. The highest BCUT2D eigenvalue weighted by Crippen LogP contribution is 2.42. The number of anilines is 1. The van der Waals surface area contributed by atoms with Crippen LogP contribution in [0.1, 0.15) is 52.1 Å². The van der Waals surface area contributed by atoms with Gasteiger partial charge in [0, 0.05) is 68.2 Å². The zero-order valence-electron chi connectivity index (χ0n) is 25.4. The van der Waals surface area contributed by atoms with E-state index in [0.717, 1.165) is 40.9 Å². The Kier molecular flexibility index (Phi) is 7.13. The van der Waals surface area contributed by atoms with Gasteiger partial charge in [-0.25, -0.2) is 18.7 Å². The first-order chi connectivity index (χ1) is 20.1. The van der Waals surface area contributed by atoms with Gasteiger partial charge in [-0.05, 0) is 59.4 Å². The van der Waals surface area contributed by atoms with Crippen molar-refractivity contribution in [2.75, 3.05) is 19.0 Å². The van der Waals surface area contributed by atoms with Gasteiger partial charge in [-0.2, -0.15) is 17.8 Å². The minimum atomic E-state index is -3.94. The van der Waals surface area contributed by atoms with Gasteiger partial charge in [0.2, 0.25) is 0 Å². The maximum atomic E-state index is 13.6. The minimum absolute atomic E-state index is 0.0188. The van der Waals surface area contributed by atoms with E-state index in [4.69, 9.17) is 26.3 Å². The number of aromatic nitrogens is 5. The molecule has 2 bridgehead atoms. The molecule has 1 amide bonds. The van der Waals surface area contributed by atoms with E-state index in [0.29, 0.717) is 33.2 Å². The summed E-state index contributed by atoms with van der Waals surface area (Å²) in [5.74, 6) is 0.657. The van der Waals surface area contributed by atoms with Crippen LogP contribution in [0.3, 0.4) is 0 Å². The van der Waals surface area contributed by atoms with Crippen molar-refractivity contribution in [3.8, 4) is 11.1 Å². The topological polar surface area (TPSA) is 127 Å². The predicted octanol–water partition coefficient (Wildman–Crippen LogP) is 4.63. The summed E-state index contributed by atoms with van der Waals surface area (Å²) in [7, 11) is 0.856. The number of hydrogen-bond acceptors (Lipinski definition) is 8. The van der Waals surface area contributed by atoms with Crippen LogP contribution >= 0.6 is 11.6 Å². The fourth-order valence-electron chi connectivity index (χ4n) is 6.37. The summed E-state index contributed by atoms with van der Waals surface area (Å²) in [5.41, 5.74) is 2.77. The molecule has 2 aliphatic rings. The summed E-state index contributed by atoms with van der Waals surface area (Å²) in [6.45, 7) is 7.44. The molecule has 2 saturated heterocycles. The molecule has 4 aromatic rings. The van der Waals surface area contributed by atoms with Gasteiger partial charge < -0.3 is 15.0 Å². The highest BCUT2D eigenvalue weighted by molar-refractivity contribution is 7.87. The number of aryl methyl sites for hydroxylation is 2. The second-order valence-corrected chi connectivity index (χ2v) is 15.1. The van der Waals surface area contributed by atoms with E-state index < -0.39 is 21.9 Å². The molecule has 14 heteroatoms. The number of carbonyl (C=O) groups is 1. The number of halogens is 1. The molecule has 1 aromatic carbocycles. The normalized spacial score (nSPS) is 20.9. The number of fused-ring (bicyclic) bond motifs is 4. The summed E-state index contributed by atoms with van der Waals surface area (Å²) < 4.78 is 36.6. The third kappa shape index (κ3) is 5.21. The van der Waals surface area contributed by atoms with Crippen LogP contribution in [0.4, 0.5) is 10.6 Å². The number of piperidine rings is 1. The Labute approximate surface area is 256 Å². The Balaban J connectivity index is 1.42. The molecule has 0 radical (unpaired) electrons. The number of rotatable bonds is 5. The summed E-state index contributed by atoms with van der Waals surface area (Å²) >= 11 is 6.88. The molecule has 2 fully saturated rings. The number of amides is 1. The Morgan fingerprint density at radius 2 is 1.77 bits per heavy atom. The SMILES string of the molecule is Cc1nc2c(-c3ccc4nn(C)cc4c3Cl)cn(S(=O)(=O)N(C)C)c2nc1N1C2CCC1CC(NC(=O)OC(C)(C)C)C2. The average molecular weight is 629 g/mol. The van der Waals surface area contributed by atoms with Crippen molar-refractivity contribution in [1.29, 1.82) is 0 Å². The maximum Gasteiger partial charge on any atom is 0.407 e. The van der Waals surface area contributed by atoms with Crippen LogP contribution in [0.15, 0.2) is 24.5 Å². The number of ether oxygens (including phenoxy) is 1. The molecule has 2 atom stereocenters. The van der Waals surface area contributed by atoms with Crippen LogP contribution in [0.5, 0.6) is 0 Å². The van der Waals surface area contributed by atoms with Crippen LogP contribution < -0.4 is 10.2 Å². The molecule has 2 aliphatic heterocycles. The van der Waals surface area contributed by atoms with Gasteiger partial charge in [-0.1, -0.05) is 17.7 Å². The smallest absolute Gasteiger partial charge is 0.407 e. The standard InChI is InChI=1S/C29H37ClN8O4S/c1-16-26(38-18-8-9-19(38)13-17(12-18)32-28(39)42-29(2,3)4)33-27-25(31-16)21(15-37(27)43(40,41)35(5)6)20-10-11-23-22(24(20)30)14-36(7)34-23/h10-11,14-15,17-19H,8-9,12-13H2,1-7H3,(H,32,39). The Bertz CT molecular complexity index is 1850. The van der Waals surface area contributed by atoms with Gasteiger partial charge in [0.25, 0.3) is 0 Å². The molecule has 0 spiro atoms. The van der Waals surface area contributed by atoms with E-state index in [1.165, 1.54) is 18.1 Å². The first-order valence-electron chi connectivity index (χ1n) is 14.4. The molecule has 0 aliphatic carbocycles. The maximum absolute atomic E-state index is 13.6. The average Bonchev–Trinajstić information content (AvgIpc) is 3.54. The predicted molar refractivity (Wildman–Crippen MR) is 167 cm³/mol. The van der Waals surface area contributed by atoms with Gasteiger partial charge in [-0.3, -0.25) is 4.68 Å². The van der Waals surface area contributed by atoms with Crippen molar-refractivity contribution in [3.05, 3.63) is 35.2 Å². The molecule has 0 saturated carbocycles. The zero-order valence-corrected chi connectivity index (χ0v) is 27.0. The van der Waals surface area contributed by atoms with Crippen molar-refractivity contribution in [2.45, 2.75) is 77.1 Å². The molecular formula is C29H37ClN8O4S. The van der Waals surface area contributed by atoms with Crippen molar-refractivity contribution >= 4 is 55.8 Å².